The third-order valence-corrected chi connectivity index (χ3v) is 4.16. The Morgan fingerprint density at radius 2 is 2.10 bits per heavy atom. The molecule has 4 heteroatoms. The lowest BCUT2D eigenvalue weighted by atomic mass is 9.93. The van der Waals surface area contributed by atoms with Crippen LogP contribution in [-0.2, 0) is 11.2 Å². The van der Waals surface area contributed by atoms with Gasteiger partial charge in [0.1, 0.15) is 0 Å². The van der Waals surface area contributed by atoms with Gasteiger partial charge in [-0.1, -0.05) is 34.1 Å². The first-order valence-electron chi connectivity index (χ1n) is 7.01. The zero-order valence-corrected chi connectivity index (χ0v) is 13.4. The molecule has 21 heavy (non-hydrogen) atoms. The smallest absolute Gasteiger partial charge is 0.229 e. The van der Waals surface area contributed by atoms with Gasteiger partial charge < -0.3 is 10.6 Å². The molecule has 0 saturated heterocycles. The molecule has 3 rings (SSSR count). The van der Waals surface area contributed by atoms with Gasteiger partial charge in [0.25, 0.3) is 0 Å². The summed E-state index contributed by atoms with van der Waals surface area (Å²) in [6.45, 7) is 2.69. The van der Waals surface area contributed by atoms with Crippen LogP contribution in [0.2, 0.25) is 0 Å². The molecule has 1 aliphatic rings. The Kier molecular flexibility index (Phi) is 3.97. The quantitative estimate of drug-likeness (QED) is 0.864. The molecule has 1 aliphatic heterocycles. The van der Waals surface area contributed by atoms with E-state index in [1.165, 1.54) is 5.56 Å². The van der Waals surface area contributed by atoms with E-state index in [0.29, 0.717) is 6.54 Å². The Balaban J connectivity index is 1.72. The number of para-hydroxylation sites is 1. The molecule has 1 heterocycles. The van der Waals surface area contributed by atoms with Crippen molar-refractivity contribution in [3.05, 3.63) is 58.1 Å². The summed E-state index contributed by atoms with van der Waals surface area (Å²) in [6, 6.07) is 14.1. The number of fused-ring (bicyclic) bond motifs is 1. The lowest BCUT2D eigenvalue weighted by Gasteiger charge is -2.25. The van der Waals surface area contributed by atoms with E-state index in [9.17, 15) is 4.79 Å². The lowest BCUT2D eigenvalue weighted by molar-refractivity contribution is -0.119. The normalized spacial score (nSPS) is 16.8. The molecule has 0 aromatic heterocycles. The standard InChI is InChI=1S/C17H17BrN2O/c1-11-6-14(18)9-15(7-11)20-17(21)13-8-12-4-2-3-5-16(12)19-10-13/h2-7,9,13,19H,8,10H2,1H3,(H,20,21). The van der Waals surface area contributed by atoms with E-state index in [2.05, 4.69) is 38.7 Å². The fourth-order valence-electron chi connectivity index (χ4n) is 2.68. The topological polar surface area (TPSA) is 41.1 Å². The first kappa shape index (κ1) is 14.1. The second-order valence-corrected chi connectivity index (χ2v) is 6.36. The van der Waals surface area contributed by atoms with Crippen molar-refractivity contribution >= 4 is 33.2 Å². The summed E-state index contributed by atoms with van der Waals surface area (Å²) < 4.78 is 0.977. The molecule has 3 nitrogen and oxygen atoms in total. The summed E-state index contributed by atoms with van der Waals surface area (Å²) in [5.41, 5.74) is 4.30. The second kappa shape index (κ2) is 5.90. The summed E-state index contributed by atoms with van der Waals surface area (Å²) in [4.78, 5) is 12.4. The molecule has 1 unspecified atom stereocenters. The van der Waals surface area contributed by atoms with Gasteiger partial charge >= 0.3 is 0 Å². The van der Waals surface area contributed by atoms with Crippen LogP contribution in [0.15, 0.2) is 46.9 Å². The zero-order valence-electron chi connectivity index (χ0n) is 11.8. The summed E-state index contributed by atoms with van der Waals surface area (Å²) in [7, 11) is 0. The van der Waals surface area contributed by atoms with Crippen molar-refractivity contribution in [3.8, 4) is 0 Å². The minimum atomic E-state index is -0.0424. The van der Waals surface area contributed by atoms with E-state index in [1.807, 2.05) is 37.3 Å². The van der Waals surface area contributed by atoms with E-state index in [4.69, 9.17) is 0 Å². The maximum absolute atomic E-state index is 12.4. The van der Waals surface area contributed by atoms with Crippen LogP contribution in [0.4, 0.5) is 11.4 Å². The van der Waals surface area contributed by atoms with Gasteiger partial charge in [0.05, 0.1) is 5.92 Å². The molecule has 0 fully saturated rings. The van der Waals surface area contributed by atoms with Crippen molar-refractivity contribution in [1.29, 1.82) is 0 Å². The summed E-state index contributed by atoms with van der Waals surface area (Å²) in [5, 5.41) is 6.35. The minimum Gasteiger partial charge on any atom is -0.384 e. The van der Waals surface area contributed by atoms with Gasteiger partial charge in [-0.2, -0.15) is 0 Å². The first-order valence-corrected chi connectivity index (χ1v) is 7.81. The average molecular weight is 345 g/mol. The molecular weight excluding hydrogens is 328 g/mol. The number of carbonyl (C=O) groups excluding carboxylic acids is 1. The van der Waals surface area contributed by atoms with E-state index in [-0.39, 0.29) is 11.8 Å². The molecule has 1 atom stereocenters. The maximum Gasteiger partial charge on any atom is 0.229 e. The minimum absolute atomic E-state index is 0.0424. The van der Waals surface area contributed by atoms with Crippen LogP contribution >= 0.6 is 15.9 Å². The van der Waals surface area contributed by atoms with Crippen molar-refractivity contribution in [3.63, 3.8) is 0 Å². The molecule has 108 valence electrons. The van der Waals surface area contributed by atoms with E-state index >= 15 is 0 Å². The highest BCUT2D eigenvalue weighted by atomic mass is 79.9. The van der Waals surface area contributed by atoms with Gasteiger partial charge in [0, 0.05) is 22.4 Å². The Morgan fingerprint density at radius 3 is 2.90 bits per heavy atom. The van der Waals surface area contributed by atoms with Crippen molar-refractivity contribution in [2.24, 2.45) is 5.92 Å². The molecule has 0 bridgehead atoms. The molecule has 0 aliphatic carbocycles. The van der Waals surface area contributed by atoms with Crippen LogP contribution < -0.4 is 10.6 Å². The largest absolute Gasteiger partial charge is 0.384 e. The van der Waals surface area contributed by atoms with Gasteiger partial charge in [0.2, 0.25) is 5.91 Å². The van der Waals surface area contributed by atoms with E-state index < -0.39 is 0 Å². The number of hydrogen-bond acceptors (Lipinski definition) is 2. The average Bonchev–Trinajstić information content (AvgIpc) is 2.45. The van der Waals surface area contributed by atoms with Crippen LogP contribution in [0.5, 0.6) is 0 Å². The molecular formula is C17H17BrN2O. The number of halogens is 1. The fourth-order valence-corrected chi connectivity index (χ4v) is 3.29. The third kappa shape index (κ3) is 3.27. The number of anilines is 2. The first-order chi connectivity index (χ1) is 10.1. The van der Waals surface area contributed by atoms with Gasteiger partial charge in [-0.15, -0.1) is 0 Å². The summed E-state index contributed by atoms with van der Waals surface area (Å²) >= 11 is 3.46. The SMILES string of the molecule is Cc1cc(Br)cc(NC(=O)C2CNc3ccccc3C2)c1. The molecule has 1 amide bonds. The Labute approximate surface area is 132 Å². The van der Waals surface area contributed by atoms with E-state index in [1.54, 1.807) is 0 Å². The number of benzene rings is 2. The van der Waals surface area contributed by atoms with Crippen molar-refractivity contribution in [1.82, 2.24) is 0 Å². The van der Waals surface area contributed by atoms with Crippen LogP contribution in [-0.4, -0.2) is 12.5 Å². The number of aryl methyl sites for hydroxylation is 1. The van der Waals surface area contributed by atoms with Crippen molar-refractivity contribution < 1.29 is 4.79 Å². The highest BCUT2D eigenvalue weighted by molar-refractivity contribution is 9.10. The number of nitrogens with one attached hydrogen (secondary N) is 2. The number of rotatable bonds is 2. The Bertz CT molecular complexity index is 664. The monoisotopic (exact) mass is 344 g/mol. The van der Waals surface area contributed by atoms with Gasteiger partial charge in [0.15, 0.2) is 0 Å². The van der Waals surface area contributed by atoms with Crippen molar-refractivity contribution in [2.45, 2.75) is 13.3 Å². The third-order valence-electron chi connectivity index (χ3n) is 3.70. The number of carbonyl (C=O) groups is 1. The van der Waals surface area contributed by atoms with Crippen LogP contribution in [0.25, 0.3) is 0 Å². The highest BCUT2D eigenvalue weighted by Gasteiger charge is 2.24. The number of hydrogen-bond donors (Lipinski definition) is 2. The van der Waals surface area contributed by atoms with Gasteiger partial charge in [-0.05, 0) is 48.7 Å². The zero-order chi connectivity index (χ0) is 14.8. The van der Waals surface area contributed by atoms with Crippen LogP contribution in [0.1, 0.15) is 11.1 Å². The number of amides is 1. The van der Waals surface area contributed by atoms with Gasteiger partial charge in [-0.25, -0.2) is 0 Å². The maximum atomic E-state index is 12.4. The Hall–Kier alpha value is -1.81. The highest BCUT2D eigenvalue weighted by Crippen LogP contribution is 2.26. The molecule has 2 N–H and O–H groups in total. The van der Waals surface area contributed by atoms with E-state index in [0.717, 1.165) is 27.8 Å². The van der Waals surface area contributed by atoms with Crippen LogP contribution in [0.3, 0.4) is 0 Å². The fraction of sp³-hybridized carbons (Fsp3) is 0.235. The second-order valence-electron chi connectivity index (χ2n) is 5.45. The predicted octanol–water partition coefficient (Wildman–Crippen LogP) is 3.98. The van der Waals surface area contributed by atoms with Crippen LogP contribution in [0, 0.1) is 12.8 Å². The molecule has 0 radical (unpaired) electrons. The molecule has 2 aromatic rings. The Morgan fingerprint density at radius 1 is 1.29 bits per heavy atom. The van der Waals surface area contributed by atoms with Crippen molar-refractivity contribution in [2.75, 3.05) is 17.2 Å². The molecule has 0 spiro atoms. The predicted molar refractivity (Wildman–Crippen MR) is 89.6 cm³/mol. The lowest BCUT2D eigenvalue weighted by Crippen LogP contribution is -2.33. The molecule has 0 saturated carbocycles. The van der Waals surface area contributed by atoms with Gasteiger partial charge in [-0.3, -0.25) is 4.79 Å². The molecule has 2 aromatic carbocycles. The summed E-state index contributed by atoms with van der Waals surface area (Å²) in [5.74, 6) is 0.0219. The summed E-state index contributed by atoms with van der Waals surface area (Å²) in [6.07, 6.45) is 0.780.